The normalized spacial score (nSPS) is 13.3. The molecule has 15 nitrogen and oxygen atoms in total. The van der Waals surface area contributed by atoms with E-state index in [2.05, 4.69) is 20.7 Å². The van der Waals surface area contributed by atoms with Gasteiger partial charge >= 0.3 is 29.8 Å². The number of anilines is 1. The molecule has 3 aromatic rings. The van der Waals surface area contributed by atoms with Gasteiger partial charge in [0.05, 0.1) is 19.0 Å². The molecule has 0 spiro atoms. The third-order valence-corrected chi connectivity index (χ3v) is 6.60. The lowest BCUT2D eigenvalue weighted by Gasteiger charge is -2.34. The molecule has 0 radical (unpaired) electrons. The highest BCUT2D eigenvalue weighted by Gasteiger charge is 2.43. The fourth-order valence-electron chi connectivity index (χ4n) is 4.68. The van der Waals surface area contributed by atoms with Crippen LogP contribution in [0.3, 0.4) is 0 Å². The number of hydrogen-bond donors (Lipinski definition) is 1. The van der Waals surface area contributed by atoms with Crippen molar-refractivity contribution in [1.29, 1.82) is 0 Å². The molecule has 0 aliphatic rings. The lowest BCUT2D eigenvalue weighted by molar-refractivity contribution is -0.197. The summed E-state index contributed by atoms with van der Waals surface area (Å²) in [6.07, 6.45) is -4.81. The molecule has 0 bridgehead atoms. The minimum absolute atomic E-state index is 0.233. The Hall–Kier alpha value is -5.86. The molecule has 0 aliphatic heterocycles. The minimum Gasteiger partial charge on any atom is -0.496 e. The van der Waals surface area contributed by atoms with Crippen LogP contribution >= 0.6 is 0 Å². The van der Waals surface area contributed by atoms with Crippen molar-refractivity contribution >= 4 is 41.9 Å². The lowest BCUT2D eigenvalue weighted by atomic mass is 10.0. The van der Waals surface area contributed by atoms with Crippen LogP contribution < -0.4 is 10.2 Å². The summed E-state index contributed by atoms with van der Waals surface area (Å²) < 4.78 is 32.1. The maximum Gasteiger partial charge on any atom is 0.303 e. The molecule has 49 heavy (non-hydrogen) atoms. The Bertz CT molecular complexity index is 1650. The van der Waals surface area contributed by atoms with E-state index < -0.39 is 60.9 Å². The Morgan fingerprint density at radius 3 is 1.96 bits per heavy atom. The zero-order valence-electron chi connectivity index (χ0n) is 27.9. The van der Waals surface area contributed by atoms with E-state index in [1.807, 2.05) is 60.7 Å². The zero-order valence-corrected chi connectivity index (χ0v) is 27.9. The van der Waals surface area contributed by atoms with Gasteiger partial charge in [-0.3, -0.25) is 29.4 Å². The summed E-state index contributed by atoms with van der Waals surface area (Å²) in [4.78, 5) is 60.3. The Morgan fingerprint density at radius 2 is 1.35 bits per heavy atom. The summed E-state index contributed by atoms with van der Waals surface area (Å²) in [6.45, 7) is 4.84. The standard InChI is InChI=1S/C34H38N4O11/c1-20(39)45-19-31(47-22(3)41)33(49-24(5)43)32(48-23(4)42)30(46-21(2)40)18-35-37-34-27(16-26-14-10-11-15-29(26)44-6)17-28(36-38-34)25-12-8-7-9-13-25/h7-15,17-18,30-33H,16,19H2,1-6H3,(H,37,38)/b35-18+/t30-,31+,32+,33+/m0/s1. The number of nitrogens with zero attached hydrogens (tertiary/aromatic N) is 3. The van der Waals surface area contributed by atoms with E-state index in [0.717, 1.165) is 52.0 Å². The largest absolute Gasteiger partial charge is 0.496 e. The fraction of sp³-hybridized carbons (Fsp3) is 0.353. The van der Waals surface area contributed by atoms with Crippen LogP contribution in [0.2, 0.25) is 0 Å². The summed E-state index contributed by atoms with van der Waals surface area (Å²) in [5.74, 6) is -3.21. The number of methoxy groups -OCH3 is 1. The Labute approximate surface area is 282 Å². The molecule has 4 atom stereocenters. The average molecular weight is 679 g/mol. The lowest BCUT2D eigenvalue weighted by Crippen LogP contribution is -2.53. The maximum absolute atomic E-state index is 12.3. The number of hydrazone groups is 1. The number of aromatic nitrogens is 2. The van der Waals surface area contributed by atoms with Gasteiger partial charge in [0.15, 0.2) is 30.2 Å². The van der Waals surface area contributed by atoms with Crippen LogP contribution in [-0.2, 0) is 54.1 Å². The van der Waals surface area contributed by atoms with Crippen molar-refractivity contribution in [2.24, 2.45) is 5.10 Å². The van der Waals surface area contributed by atoms with E-state index in [4.69, 9.17) is 28.4 Å². The Balaban J connectivity index is 2.05. The average Bonchev–Trinajstić information content (AvgIpc) is 3.05. The molecule has 1 heterocycles. The van der Waals surface area contributed by atoms with Crippen LogP contribution in [0.15, 0.2) is 65.8 Å². The number of esters is 5. The molecule has 0 fully saturated rings. The van der Waals surface area contributed by atoms with Gasteiger partial charge in [-0.1, -0.05) is 48.5 Å². The number of rotatable bonds is 16. The highest BCUT2D eigenvalue weighted by atomic mass is 16.6. The molecule has 0 unspecified atom stereocenters. The van der Waals surface area contributed by atoms with E-state index in [-0.39, 0.29) is 5.82 Å². The van der Waals surface area contributed by atoms with Gasteiger partial charge in [-0.2, -0.15) is 5.10 Å². The van der Waals surface area contributed by atoms with Gasteiger partial charge in [0.2, 0.25) is 0 Å². The summed E-state index contributed by atoms with van der Waals surface area (Å²) in [6, 6.07) is 18.7. The number of hydrogen-bond acceptors (Lipinski definition) is 15. The van der Waals surface area contributed by atoms with E-state index in [1.165, 1.54) is 0 Å². The second-order valence-corrected chi connectivity index (χ2v) is 10.5. The molecule has 0 aliphatic carbocycles. The van der Waals surface area contributed by atoms with Crippen LogP contribution in [0, 0.1) is 0 Å². The van der Waals surface area contributed by atoms with Gasteiger partial charge < -0.3 is 28.4 Å². The number of carbonyl (C=O) groups is 5. The molecule has 260 valence electrons. The number of carbonyl (C=O) groups excluding carboxylic acids is 5. The quantitative estimate of drug-likeness (QED) is 0.100. The van der Waals surface area contributed by atoms with Gasteiger partial charge in [0.1, 0.15) is 12.4 Å². The van der Waals surface area contributed by atoms with Gasteiger partial charge in [0, 0.05) is 52.2 Å². The molecule has 3 rings (SSSR count). The predicted octanol–water partition coefficient (Wildman–Crippen LogP) is 3.43. The highest BCUT2D eigenvalue weighted by Crippen LogP contribution is 2.27. The second-order valence-electron chi connectivity index (χ2n) is 10.5. The first-order chi connectivity index (χ1) is 23.4. The monoisotopic (exact) mass is 678 g/mol. The van der Waals surface area contributed by atoms with Crippen LogP contribution in [0.4, 0.5) is 5.82 Å². The van der Waals surface area contributed by atoms with Crippen molar-refractivity contribution in [3.8, 4) is 17.0 Å². The maximum atomic E-state index is 12.3. The Morgan fingerprint density at radius 1 is 0.735 bits per heavy atom. The van der Waals surface area contributed by atoms with Crippen LogP contribution in [0.1, 0.15) is 45.7 Å². The molecule has 0 saturated heterocycles. The SMILES string of the molecule is COc1ccccc1Cc1cc(-c2ccccc2)nnc1N/N=C/[C@H](OC(C)=O)[C@@H](OC(C)=O)[C@H](OC(C)=O)[C@@H](COC(C)=O)OC(C)=O. The minimum atomic E-state index is -1.63. The molecule has 0 saturated carbocycles. The first-order valence-corrected chi connectivity index (χ1v) is 15.0. The van der Waals surface area contributed by atoms with Crippen molar-refractivity contribution in [3.63, 3.8) is 0 Å². The number of para-hydroxylation sites is 1. The van der Waals surface area contributed by atoms with Crippen molar-refractivity contribution in [2.75, 3.05) is 19.1 Å². The first kappa shape index (κ1) is 37.6. The third kappa shape index (κ3) is 12.0. The van der Waals surface area contributed by atoms with Gasteiger partial charge in [-0.05, 0) is 17.7 Å². The predicted molar refractivity (Wildman–Crippen MR) is 174 cm³/mol. The first-order valence-electron chi connectivity index (χ1n) is 15.0. The van der Waals surface area contributed by atoms with Crippen molar-refractivity contribution in [1.82, 2.24) is 10.2 Å². The summed E-state index contributed by atoms with van der Waals surface area (Å²) in [7, 11) is 1.57. The summed E-state index contributed by atoms with van der Waals surface area (Å²) in [5.41, 5.74) is 5.76. The smallest absolute Gasteiger partial charge is 0.303 e. The number of nitrogens with one attached hydrogen (secondary N) is 1. The molecule has 1 aromatic heterocycles. The molecule has 2 aromatic carbocycles. The molecular formula is C34H38N4O11. The number of benzene rings is 2. The van der Waals surface area contributed by atoms with E-state index in [0.29, 0.717) is 23.4 Å². The van der Waals surface area contributed by atoms with Crippen LogP contribution in [0.5, 0.6) is 5.75 Å². The second kappa shape index (κ2) is 18.5. The highest BCUT2D eigenvalue weighted by molar-refractivity contribution is 5.75. The van der Waals surface area contributed by atoms with Gasteiger partial charge in [-0.25, -0.2) is 0 Å². The fourth-order valence-corrected chi connectivity index (χ4v) is 4.68. The third-order valence-electron chi connectivity index (χ3n) is 6.60. The van der Waals surface area contributed by atoms with Crippen LogP contribution in [0.25, 0.3) is 11.3 Å². The Kier molecular flexibility index (Phi) is 14.2. The van der Waals surface area contributed by atoms with Gasteiger partial charge in [-0.15, -0.1) is 10.2 Å². The molecule has 15 heteroatoms. The van der Waals surface area contributed by atoms with E-state index in [1.54, 1.807) is 7.11 Å². The van der Waals surface area contributed by atoms with Crippen molar-refractivity contribution in [2.45, 2.75) is 65.5 Å². The molecular weight excluding hydrogens is 640 g/mol. The van der Waals surface area contributed by atoms with Crippen molar-refractivity contribution < 1.29 is 52.4 Å². The van der Waals surface area contributed by atoms with Gasteiger partial charge in [0.25, 0.3) is 0 Å². The zero-order chi connectivity index (χ0) is 35.9. The summed E-state index contributed by atoms with van der Waals surface area (Å²) in [5, 5.41) is 12.9. The molecule has 0 amide bonds. The van der Waals surface area contributed by atoms with Crippen LogP contribution in [-0.4, -0.2) is 84.4 Å². The van der Waals surface area contributed by atoms with E-state index >= 15 is 0 Å². The summed E-state index contributed by atoms with van der Waals surface area (Å²) >= 11 is 0. The number of ether oxygens (including phenoxy) is 6. The van der Waals surface area contributed by atoms with Crippen molar-refractivity contribution in [3.05, 3.63) is 71.8 Å². The van der Waals surface area contributed by atoms with E-state index in [9.17, 15) is 24.0 Å². The topological polar surface area (TPSA) is 191 Å². The molecule has 1 N–H and O–H groups in total.